The largest absolute Gasteiger partial charge is 0.364 e. The number of nitrogens with two attached hydrogens (primary N) is 1. The molecule has 0 aromatic carbocycles. The number of carbonyl (C=O) groups excluding carboxylic acids is 1. The van der Waals surface area contributed by atoms with Crippen molar-refractivity contribution in [2.45, 2.75) is 18.9 Å². The fraction of sp³-hybridized carbons (Fsp3) is 0.357. The highest BCUT2D eigenvalue weighted by Crippen LogP contribution is 2.27. The molecule has 20 heavy (non-hydrogen) atoms. The Morgan fingerprint density at radius 2 is 2.45 bits per heavy atom. The summed E-state index contributed by atoms with van der Waals surface area (Å²) < 4.78 is 0. The number of primary amides is 1. The molecular formula is C14H16N4OS. The van der Waals surface area contributed by atoms with Gasteiger partial charge in [0.1, 0.15) is 10.7 Å². The Morgan fingerprint density at radius 1 is 1.55 bits per heavy atom. The molecular weight excluding hydrogens is 272 g/mol. The van der Waals surface area contributed by atoms with Gasteiger partial charge in [-0.1, -0.05) is 6.07 Å². The van der Waals surface area contributed by atoms with E-state index in [-0.39, 0.29) is 0 Å². The van der Waals surface area contributed by atoms with Crippen molar-refractivity contribution in [2.24, 2.45) is 5.73 Å². The van der Waals surface area contributed by atoms with Crippen LogP contribution in [0.25, 0.3) is 0 Å². The third-order valence-electron chi connectivity index (χ3n) is 3.59. The van der Waals surface area contributed by atoms with Crippen LogP contribution in [0, 0.1) is 0 Å². The second-order valence-corrected chi connectivity index (χ2v) is 5.94. The monoisotopic (exact) mass is 288 g/mol. The quantitative estimate of drug-likeness (QED) is 0.928. The van der Waals surface area contributed by atoms with Gasteiger partial charge in [0.05, 0.1) is 6.54 Å². The van der Waals surface area contributed by atoms with E-state index in [9.17, 15) is 4.79 Å². The zero-order valence-corrected chi connectivity index (χ0v) is 11.8. The molecule has 1 atom stereocenters. The smallest absolute Gasteiger partial charge is 0.268 e. The zero-order valence-electron chi connectivity index (χ0n) is 11.0. The lowest BCUT2D eigenvalue weighted by atomic mass is 10.0. The normalized spacial score (nSPS) is 19.3. The second kappa shape index (κ2) is 5.68. The predicted molar refractivity (Wildman–Crippen MR) is 77.5 cm³/mol. The summed E-state index contributed by atoms with van der Waals surface area (Å²) in [5.74, 6) is 0.0847. The van der Waals surface area contributed by atoms with Crippen LogP contribution in [-0.4, -0.2) is 33.9 Å². The molecule has 2 aromatic rings. The van der Waals surface area contributed by atoms with Gasteiger partial charge in [-0.2, -0.15) is 0 Å². The summed E-state index contributed by atoms with van der Waals surface area (Å²) in [5.41, 5.74) is 6.88. The molecule has 1 aliphatic heterocycles. The number of thiazole rings is 1. The van der Waals surface area contributed by atoms with Crippen LogP contribution >= 0.6 is 11.3 Å². The van der Waals surface area contributed by atoms with Crippen molar-refractivity contribution in [1.82, 2.24) is 14.9 Å². The van der Waals surface area contributed by atoms with Gasteiger partial charge in [0.2, 0.25) is 0 Å². The van der Waals surface area contributed by atoms with E-state index in [0.29, 0.717) is 11.6 Å². The first-order valence-electron chi connectivity index (χ1n) is 6.59. The first-order valence-corrected chi connectivity index (χ1v) is 7.47. The third kappa shape index (κ3) is 2.86. The minimum atomic E-state index is -0.456. The molecule has 1 aliphatic rings. The van der Waals surface area contributed by atoms with Crippen LogP contribution < -0.4 is 5.73 Å². The Kier molecular flexibility index (Phi) is 3.75. The van der Waals surface area contributed by atoms with E-state index in [1.807, 2.05) is 12.3 Å². The molecule has 0 saturated carbocycles. The van der Waals surface area contributed by atoms with Gasteiger partial charge in [-0.25, -0.2) is 4.98 Å². The summed E-state index contributed by atoms with van der Waals surface area (Å²) in [7, 11) is 0. The van der Waals surface area contributed by atoms with Crippen molar-refractivity contribution >= 4 is 17.2 Å². The highest BCUT2D eigenvalue weighted by molar-refractivity contribution is 7.09. The van der Waals surface area contributed by atoms with E-state index in [1.165, 1.54) is 16.9 Å². The van der Waals surface area contributed by atoms with Gasteiger partial charge < -0.3 is 5.73 Å². The number of aromatic nitrogens is 2. The standard InChI is InChI=1S/C14H16N4OS/c15-14(19)12-9-20-13(17-12)8-18-5-3-11(7-18)10-2-1-4-16-6-10/h1-2,4,6,9,11H,3,5,7-8H2,(H2,15,19). The van der Waals surface area contributed by atoms with Crippen molar-refractivity contribution in [3.05, 3.63) is 46.2 Å². The minimum Gasteiger partial charge on any atom is -0.364 e. The van der Waals surface area contributed by atoms with E-state index in [1.54, 1.807) is 11.6 Å². The Bertz CT molecular complexity index is 598. The van der Waals surface area contributed by atoms with Gasteiger partial charge in [-0.15, -0.1) is 11.3 Å². The van der Waals surface area contributed by atoms with Crippen LogP contribution in [0.3, 0.4) is 0 Å². The van der Waals surface area contributed by atoms with Gasteiger partial charge >= 0.3 is 0 Å². The van der Waals surface area contributed by atoms with E-state index in [0.717, 1.165) is 31.1 Å². The molecule has 2 N–H and O–H groups in total. The lowest BCUT2D eigenvalue weighted by Crippen LogP contribution is -2.20. The van der Waals surface area contributed by atoms with Crippen LogP contribution in [0.1, 0.15) is 33.4 Å². The summed E-state index contributed by atoms with van der Waals surface area (Å²) in [5, 5.41) is 2.68. The highest BCUT2D eigenvalue weighted by atomic mass is 32.1. The maximum atomic E-state index is 11.0. The Labute approximate surface area is 121 Å². The molecule has 1 amide bonds. The zero-order chi connectivity index (χ0) is 13.9. The van der Waals surface area contributed by atoms with Crippen LogP contribution in [0.5, 0.6) is 0 Å². The Morgan fingerprint density at radius 3 is 3.15 bits per heavy atom. The summed E-state index contributed by atoms with van der Waals surface area (Å²) in [4.78, 5) is 21.8. The SMILES string of the molecule is NC(=O)c1csc(CN2CCC(c3cccnc3)C2)n1. The topological polar surface area (TPSA) is 72.1 Å². The molecule has 0 aliphatic carbocycles. The average Bonchev–Trinajstić information content (AvgIpc) is 3.10. The van der Waals surface area contributed by atoms with E-state index in [4.69, 9.17) is 5.73 Å². The summed E-state index contributed by atoms with van der Waals surface area (Å²) in [6.07, 6.45) is 4.89. The first-order chi connectivity index (χ1) is 9.72. The van der Waals surface area contributed by atoms with Crippen molar-refractivity contribution in [3.63, 3.8) is 0 Å². The van der Waals surface area contributed by atoms with Crippen LogP contribution in [0.4, 0.5) is 0 Å². The van der Waals surface area contributed by atoms with Crippen molar-refractivity contribution in [2.75, 3.05) is 13.1 Å². The Balaban J connectivity index is 1.61. The van der Waals surface area contributed by atoms with Crippen LogP contribution in [0.15, 0.2) is 29.9 Å². The number of nitrogens with zero attached hydrogens (tertiary/aromatic N) is 3. The van der Waals surface area contributed by atoms with Gasteiger partial charge in [0, 0.05) is 24.3 Å². The number of carbonyl (C=O) groups is 1. The summed E-state index contributed by atoms with van der Waals surface area (Å²) in [6.45, 7) is 2.84. The molecule has 5 nitrogen and oxygen atoms in total. The summed E-state index contributed by atoms with van der Waals surface area (Å²) >= 11 is 1.50. The number of rotatable bonds is 4. The molecule has 1 unspecified atom stereocenters. The van der Waals surface area contributed by atoms with E-state index in [2.05, 4.69) is 20.9 Å². The molecule has 1 fully saturated rings. The number of hydrogen-bond acceptors (Lipinski definition) is 5. The minimum absolute atomic E-state index is 0.369. The maximum Gasteiger partial charge on any atom is 0.268 e. The molecule has 6 heteroatoms. The van der Waals surface area contributed by atoms with Crippen molar-refractivity contribution in [3.8, 4) is 0 Å². The molecule has 104 valence electrons. The van der Waals surface area contributed by atoms with Crippen LogP contribution in [0.2, 0.25) is 0 Å². The van der Waals surface area contributed by atoms with Gasteiger partial charge in [-0.3, -0.25) is 14.7 Å². The highest BCUT2D eigenvalue weighted by Gasteiger charge is 2.24. The molecule has 0 bridgehead atoms. The molecule has 2 aromatic heterocycles. The molecule has 0 radical (unpaired) electrons. The van der Waals surface area contributed by atoms with E-state index < -0.39 is 5.91 Å². The molecule has 3 heterocycles. The number of amides is 1. The maximum absolute atomic E-state index is 11.0. The lowest BCUT2D eigenvalue weighted by molar-refractivity contribution is 0.0996. The second-order valence-electron chi connectivity index (χ2n) is 5.00. The average molecular weight is 288 g/mol. The number of likely N-dealkylation sites (tertiary alicyclic amines) is 1. The predicted octanol–water partition coefficient (Wildman–Crippen LogP) is 1.63. The molecule has 1 saturated heterocycles. The van der Waals surface area contributed by atoms with Crippen LogP contribution in [-0.2, 0) is 6.54 Å². The number of pyridine rings is 1. The molecule has 0 spiro atoms. The lowest BCUT2D eigenvalue weighted by Gasteiger charge is -2.14. The summed E-state index contributed by atoms with van der Waals surface area (Å²) in [6, 6.07) is 4.12. The van der Waals surface area contributed by atoms with Gasteiger partial charge in [0.25, 0.3) is 5.91 Å². The van der Waals surface area contributed by atoms with Crippen molar-refractivity contribution < 1.29 is 4.79 Å². The Hall–Kier alpha value is -1.79. The third-order valence-corrected chi connectivity index (χ3v) is 4.42. The van der Waals surface area contributed by atoms with Gasteiger partial charge in [-0.05, 0) is 30.5 Å². The van der Waals surface area contributed by atoms with E-state index >= 15 is 0 Å². The van der Waals surface area contributed by atoms with Gasteiger partial charge in [0.15, 0.2) is 0 Å². The van der Waals surface area contributed by atoms with Crippen molar-refractivity contribution in [1.29, 1.82) is 0 Å². The fourth-order valence-corrected chi connectivity index (χ4v) is 3.38. The first kappa shape index (κ1) is 13.2. The fourth-order valence-electron chi connectivity index (χ4n) is 2.55. The number of hydrogen-bond donors (Lipinski definition) is 1. The molecule has 3 rings (SSSR count).